The molecule has 0 aliphatic heterocycles. The Morgan fingerprint density at radius 3 is 2.67 bits per heavy atom. The molecule has 3 saturated carbocycles. The van der Waals surface area contributed by atoms with E-state index >= 15 is 0 Å². The summed E-state index contributed by atoms with van der Waals surface area (Å²) in [4.78, 5) is 27.0. The first-order chi connectivity index (χ1) is 18.5. The van der Waals surface area contributed by atoms with Gasteiger partial charge in [0.15, 0.2) is 0 Å². The Labute approximate surface area is 232 Å². The summed E-state index contributed by atoms with van der Waals surface area (Å²) in [5.41, 5.74) is 0.591. The Bertz CT molecular complexity index is 1230. The van der Waals surface area contributed by atoms with Crippen molar-refractivity contribution in [1.29, 1.82) is 0 Å². The average Bonchev–Trinajstić information content (AvgIpc) is 3.53. The minimum absolute atomic E-state index is 0.0488. The summed E-state index contributed by atoms with van der Waals surface area (Å²) in [5.74, 6) is -0.232. The fourth-order valence-electron chi connectivity index (χ4n) is 8.28. The van der Waals surface area contributed by atoms with E-state index in [0.29, 0.717) is 12.8 Å². The number of esters is 1. The first-order valence-electron chi connectivity index (χ1n) is 14.5. The third kappa shape index (κ3) is 4.66. The van der Waals surface area contributed by atoms with Crippen LogP contribution in [0.3, 0.4) is 0 Å². The number of aliphatic hydroxyl groups is 1. The molecule has 2 bridgehead atoms. The number of benzene rings is 1. The van der Waals surface area contributed by atoms with Gasteiger partial charge >= 0.3 is 5.97 Å². The first-order valence-corrected chi connectivity index (χ1v) is 14.5. The second kappa shape index (κ2) is 10.3. The molecular weight excluding hydrogens is 490 g/mol. The normalized spacial score (nSPS) is 38.0. The molecular formula is C32H43N3O4. The zero-order valence-corrected chi connectivity index (χ0v) is 23.8. The molecule has 3 fully saturated rings. The minimum Gasteiger partial charge on any atom is -0.460 e. The van der Waals surface area contributed by atoms with E-state index in [2.05, 4.69) is 49.8 Å². The molecule has 1 aromatic heterocycles. The molecule has 0 radical (unpaired) electrons. The summed E-state index contributed by atoms with van der Waals surface area (Å²) in [7, 11) is 0. The van der Waals surface area contributed by atoms with Gasteiger partial charge in [-0.3, -0.25) is 9.59 Å². The van der Waals surface area contributed by atoms with Crippen molar-refractivity contribution in [2.75, 3.05) is 0 Å². The van der Waals surface area contributed by atoms with Gasteiger partial charge in [-0.25, -0.2) is 4.68 Å². The number of hydrogen-bond acceptors (Lipinski definition) is 6. The third-order valence-corrected chi connectivity index (χ3v) is 11.0. The van der Waals surface area contributed by atoms with Gasteiger partial charge in [-0.05, 0) is 61.3 Å². The molecule has 0 unspecified atom stereocenters. The molecule has 1 heterocycles. The van der Waals surface area contributed by atoms with Crippen LogP contribution in [-0.4, -0.2) is 44.1 Å². The maximum Gasteiger partial charge on any atom is 0.328 e. The molecule has 7 heteroatoms. The van der Waals surface area contributed by atoms with Gasteiger partial charge in [0.05, 0.1) is 11.8 Å². The molecule has 0 amide bonds. The highest BCUT2D eigenvalue weighted by molar-refractivity contribution is 5.85. The molecule has 3 aliphatic carbocycles. The van der Waals surface area contributed by atoms with Crippen LogP contribution in [0.1, 0.15) is 71.1 Å². The van der Waals surface area contributed by atoms with Crippen molar-refractivity contribution in [2.24, 2.45) is 34.0 Å². The molecule has 8 atom stereocenters. The van der Waals surface area contributed by atoms with Crippen LogP contribution >= 0.6 is 0 Å². The second-order valence-electron chi connectivity index (χ2n) is 13.0. The molecule has 1 aromatic carbocycles. The number of aliphatic hydroxyl groups excluding tert-OH is 1. The molecule has 0 saturated heterocycles. The average molecular weight is 534 g/mol. The van der Waals surface area contributed by atoms with Crippen LogP contribution in [0.4, 0.5) is 0 Å². The topological polar surface area (TPSA) is 94.3 Å². The van der Waals surface area contributed by atoms with Gasteiger partial charge in [-0.1, -0.05) is 69.3 Å². The van der Waals surface area contributed by atoms with Crippen molar-refractivity contribution in [1.82, 2.24) is 15.0 Å². The Morgan fingerprint density at radius 1 is 1.21 bits per heavy atom. The Kier molecular flexibility index (Phi) is 7.34. The van der Waals surface area contributed by atoms with Crippen LogP contribution in [0.25, 0.3) is 0 Å². The van der Waals surface area contributed by atoms with Gasteiger partial charge in [0.2, 0.25) is 0 Å². The van der Waals surface area contributed by atoms with Gasteiger partial charge in [-0.15, -0.1) is 11.7 Å². The standard InChI is InChI=1S/C32H43N3O4/c1-6-30(4)18-26(31(5)21(2)14-16-32(22(3)29(30)38)17-15-25(36)28(31)32)39-27(37)20-35-19-24(33-34-35)13-12-23-10-8-7-9-11-23/h6-11,19,21-22,26,28-29,38H,1,12-18,20H2,2-5H3/t21-,22+,26-,28-,29+,30-,31+,32+/m1/s1. The van der Waals surface area contributed by atoms with E-state index in [9.17, 15) is 14.7 Å². The summed E-state index contributed by atoms with van der Waals surface area (Å²) in [6.07, 6.45) is 7.60. The third-order valence-electron chi connectivity index (χ3n) is 11.0. The molecule has 3 aliphatic rings. The summed E-state index contributed by atoms with van der Waals surface area (Å²) < 4.78 is 7.86. The molecule has 39 heavy (non-hydrogen) atoms. The molecule has 210 valence electrons. The Balaban J connectivity index is 1.38. The number of aromatic nitrogens is 3. The van der Waals surface area contributed by atoms with Crippen molar-refractivity contribution < 1.29 is 19.4 Å². The number of rotatable bonds is 7. The highest BCUT2D eigenvalue weighted by Gasteiger charge is 2.68. The predicted octanol–water partition coefficient (Wildman–Crippen LogP) is 4.97. The number of carbonyl (C=O) groups excluding carboxylic acids is 2. The summed E-state index contributed by atoms with van der Waals surface area (Å²) in [5, 5.41) is 20.1. The lowest BCUT2D eigenvalue weighted by molar-refractivity contribution is -0.207. The summed E-state index contributed by atoms with van der Waals surface area (Å²) in [6.45, 7) is 12.5. The number of ether oxygens (including phenoxy) is 1. The van der Waals surface area contributed by atoms with E-state index in [1.165, 1.54) is 10.2 Å². The van der Waals surface area contributed by atoms with Crippen LogP contribution in [0.5, 0.6) is 0 Å². The maximum absolute atomic E-state index is 13.5. The van der Waals surface area contributed by atoms with Gasteiger partial charge in [0.25, 0.3) is 0 Å². The molecule has 2 aromatic rings. The van der Waals surface area contributed by atoms with Crippen LogP contribution in [-0.2, 0) is 33.7 Å². The van der Waals surface area contributed by atoms with Gasteiger partial charge in [0, 0.05) is 29.4 Å². The monoisotopic (exact) mass is 533 g/mol. The maximum atomic E-state index is 13.5. The quantitative estimate of drug-likeness (QED) is 0.399. The largest absolute Gasteiger partial charge is 0.460 e. The van der Waals surface area contributed by atoms with Crippen LogP contribution < -0.4 is 0 Å². The van der Waals surface area contributed by atoms with Crippen molar-refractivity contribution in [3.8, 4) is 0 Å². The number of Topliss-reactive ketones (excluding diaryl/α,β-unsaturated/α-hetero) is 1. The van der Waals surface area contributed by atoms with Crippen LogP contribution in [0.2, 0.25) is 0 Å². The number of ketones is 1. The molecule has 5 rings (SSSR count). The lowest BCUT2D eigenvalue weighted by Crippen LogP contribution is -2.63. The van der Waals surface area contributed by atoms with Gasteiger partial charge in [-0.2, -0.15) is 0 Å². The fraction of sp³-hybridized carbons (Fsp3) is 0.625. The van der Waals surface area contributed by atoms with Crippen molar-refractivity contribution in [2.45, 2.75) is 91.4 Å². The minimum atomic E-state index is -0.676. The summed E-state index contributed by atoms with van der Waals surface area (Å²) >= 11 is 0. The second-order valence-corrected chi connectivity index (χ2v) is 13.0. The van der Waals surface area contributed by atoms with Gasteiger partial charge in [0.1, 0.15) is 18.4 Å². The number of aryl methyl sites for hydroxylation is 2. The molecule has 1 N–H and O–H groups in total. The van der Waals surface area contributed by atoms with Crippen molar-refractivity contribution in [3.05, 3.63) is 60.4 Å². The predicted molar refractivity (Wildman–Crippen MR) is 149 cm³/mol. The fourth-order valence-corrected chi connectivity index (χ4v) is 8.28. The van der Waals surface area contributed by atoms with Gasteiger partial charge < -0.3 is 9.84 Å². The Morgan fingerprint density at radius 2 is 1.95 bits per heavy atom. The lowest BCUT2D eigenvalue weighted by atomic mass is 9.44. The molecule has 0 spiro atoms. The number of nitrogens with zero attached hydrogens (tertiary/aromatic N) is 3. The lowest BCUT2D eigenvalue weighted by Gasteiger charge is -2.61. The number of carbonyl (C=O) groups is 2. The van der Waals surface area contributed by atoms with Crippen molar-refractivity contribution >= 4 is 11.8 Å². The van der Waals surface area contributed by atoms with E-state index in [1.807, 2.05) is 31.2 Å². The van der Waals surface area contributed by atoms with E-state index < -0.39 is 29.0 Å². The van der Waals surface area contributed by atoms with E-state index in [4.69, 9.17) is 4.74 Å². The first kappa shape index (κ1) is 27.8. The molecule has 7 nitrogen and oxygen atoms in total. The van der Waals surface area contributed by atoms with E-state index in [1.54, 1.807) is 6.20 Å². The van der Waals surface area contributed by atoms with Crippen molar-refractivity contribution in [3.63, 3.8) is 0 Å². The van der Waals surface area contributed by atoms with E-state index in [0.717, 1.165) is 37.8 Å². The zero-order valence-electron chi connectivity index (χ0n) is 23.8. The van der Waals surface area contributed by atoms with Crippen LogP contribution in [0, 0.1) is 34.0 Å². The smallest absolute Gasteiger partial charge is 0.328 e. The highest BCUT2D eigenvalue weighted by Crippen LogP contribution is 2.68. The summed E-state index contributed by atoms with van der Waals surface area (Å²) in [6, 6.07) is 10.2. The highest BCUT2D eigenvalue weighted by atomic mass is 16.5. The Hall–Kier alpha value is -2.80. The SMILES string of the molecule is C=C[C@]1(C)C[C@@H](OC(=O)Cn2cc(CCc3ccccc3)nn2)[C@]2(C)[C@H](C)CC[C@]3(CCC(=O)[C@@H]32)[C@@H](C)[C@@H]1O. The van der Waals surface area contributed by atoms with Crippen LogP contribution in [0.15, 0.2) is 49.2 Å². The van der Waals surface area contributed by atoms with E-state index in [-0.39, 0.29) is 35.5 Å². The number of hydrogen-bond donors (Lipinski definition) is 1. The zero-order chi connectivity index (χ0) is 28.0.